The molecular formula is C7H9ClN2O2S. The smallest absolute Gasteiger partial charge is 0.238 e. The molecule has 0 saturated carbocycles. The molecule has 0 fully saturated rings. The van der Waals surface area contributed by atoms with Gasteiger partial charge in [0.25, 0.3) is 0 Å². The van der Waals surface area contributed by atoms with Gasteiger partial charge in [-0.25, -0.2) is 13.6 Å². The van der Waals surface area contributed by atoms with Crippen LogP contribution in [0.5, 0.6) is 0 Å². The lowest BCUT2D eigenvalue weighted by Gasteiger charge is -2.07. The summed E-state index contributed by atoms with van der Waals surface area (Å²) in [6.45, 7) is 1.56. The lowest BCUT2D eigenvalue weighted by Crippen LogP contribution is -2.14. The number of primary sulfonamides is 1. The van der Waals surface area contributed by atoms with E-state index in [0.29, 0.717) is 10.6 Å². The van der Waals surface area contributed by atoms with Crippen molar-refractivity contribution in [3.63, 3.8) is 0 Å². The van der Waals surface area contributed by atoms with Crippen LogP contribution >= 0.6 is 11.6 Å². The van der Waals surface area contributed by atoms with Gasteiger partial charge in [0, 0.05) is 0 Å². The molecule has 0 radical (unpaired) electrons. The van der Waals surface area contributed by atoms with Gasteiger partial charge in [0.05, 0.1) is 15.6 Å². The van der Waals surface area contributed by atoms with Crippen LogP contribution in [0.2, 0.25) is 5.02 Å². The predicted octanol–water partition coefficient (Wildman–Crippen LogP) is 0.878. The zero-order chi connectivity index (χ0) is 10.2. The summed E-state index contributed by atoms with van der Waals surface area (Å²) in [6, 6.07) is 2.74. The molecule has 0 amide bonds. The summed E-state index contributed by atoms with van der Waals surface area (Å²) in [5, 5.41) is 5.27. The molecule has 0 unspecified atom stereocenters. The largest absolute Gasteiger partial charge is 0.397 e. The number of nitrogens with two attached hydrogens (primary N) is 2. The van der Waals surface area contributed by atoms with Gasteiger partial charge < -0.3 is 5.73 Å². The molecule has 0 aliphatic rings. The molecule has 0 bridgehead atoms. The normalized spacial score (nSPS) is 11.6. The van der Waals surface area contributed by atoms with E-state index in [-0.39, 0.29) is 10.6 Å². The molecule has 1 aromatic rings. The molecule has 6 heteroatoms. The Labute approximate surface area is 81.5 Å². The summed E-state index contributed by atoms with van der Waals surface area (Å²) < 4.78 is 22.0. The fourth-order valence-electron chi connectivity index (χ4n) is 0.984. The van der Waals surface area contributed by atoms with Crippen molar-refractivity contribution in [1.29, 1.82) is 0 Å². The Balaban J connectivity index is 3.53. The molecule has 13 heavy (non-hydrogen) atoms. The number of benzene rings is 1. The average Bonchev–Trinajstić information content (AvgIpc) is 1.98. The van der Waals surface area contributed by atoms with Gasteiger partial charge >= 0.3 is 0 Å². The fraction of sp³-hybridized carbons (Fsp3) is 0.143. The van der Waals surface area contributed by atoms with Crippen LogP contribution < -0.4 is 10.9 Å². The second kappa shape index (κ2) is 3.17. The first-order chi connectivity index (χ1) is 5.84. The highest BCUT2D eigenvalue weighted by Crippen LogP contribution is 2.26. The summed E-state index contributed by atoms with van der Waals surface area (Å²) in [5.41, 5.74) is 6.16. The van der Waals surface area contributed by atoms with Crippen LogP contribution in [0.25, 0.3) is 0 Å². The SMILES string of the molecule is Cc1c(S(N)(=O)=O)ccc(Cl)c1N. The lowest BCUT2D eigenvalue weighted by atomic mass is 10.2. The molecule has 0 saturated heterocycles. The van der Waals surface area contributed by atoms with Crippen molar-refractivity contribution in [3.8, 4) is 0 Å². The highest BCUT2D eigenvalue weighted by Gasteiger charge is 2.14. The Morgan fingerprint density at radius 1 is 1.38 bits per heavy atom. The van der Waals surface area contributed by atoms with Crippen LogP contribution in [0.1, 0.15) is 5.56 Å². The van der Waals surface area contributed by atoms with Crippen molar-refractivity contribution < 1.29 is 8.42 Å². The van der Waals surface area contributed by atoms with E-state index in [2.05, 4.69) is 0 Å². The Kier molecular flexibility index (Phi) is 2.51. The van der Waals surface area contributed by atoms with Crippen molar-refractivity contribution in [2.75, 3.05) is 5.73 Å². The Morgan fingerprint density at radius 2 is 1.92 bits per heavy atom. The van der Waals surface area contributed by atoms with E-state index in [1.54, 1.807) is 6.92 Å². The van der Waals surface area contributed by atoms with Gasteiger partial charge in [-0.2, -0.15) is 0 Å². The number of rotatable bonds is 1. The highest BCUT2D eigenvalue weighted by atomic mass is 35.5. The van der Waals surface area contributed by atoms with E-state index in [1.807, 2.05) is 0 Å². The highest BCUT2D eigenvalue weighted by molar-refractivity contribution is 7.89. The number of anilines is 1. The van der Waals surface area contributed by atoms with Gasteiger partial charge in [-0.3, -0.25) is 0 Å². The summed E-state index contributed by atoms with van der Waals surface area (Å²) in [5.74, 6) is 0. The Bertz CT molecular complexity index is 442. The van der Waals surface area contributed by atoms with E-state index in [1.165, 1.54) is 12.1 Å². The van der Waals surface area contributed by atoms with Crippen LogP contribution in [0.15, 0.2) is 17.0 Å². The maximum absolute atomic E-state index is 11.0. The van der Waals surface area contributed by atoms with Gasteiger partial charge in [-0.15, -0.1) is 0 Å². The predicted molar refractivity (Wildman–Crippen MR) is 52.0 cm³/mol. The maximum Gasteiger partial charge on any atom is 0.238 e. The average molecular weight is 221 g/mol. The third-order valence-corrected chi connectivity index (χ3v) is 3.10. The Morgan fingerprint density at radius 3 is 2.38 bits per heavy atom. The molecule has 0 aromatic heterocycles. The van der Waals surface area contributed by atoms with Crippen LogP contribution in [-0.2, 0) is 10.0 Å². The van der Waals surface area contributed by atoms with Gasteiger partial charge in [0.15, 0.2) is 0 Å². The van der Waals surface area contributed by atoms with Gasteiger partial charge in [-0.05, 0) is 24.6 Å². The number of sulfonamides is 1. The van der Waals surface area contributed by atoms with Crippen LogP contribution in [-0.4, -0.2) is 8.42 Å². The molecule has 0 spiro atoms. The summed E-state index contributed by atoms with van der Waals surface area (Å²) in [6.07, 6.45) is 0. The van der Waals surface area contributed by atoms with Crippen molar-refractivity contribution in [2.45, 2.75) is 11.8 Å². The standard InChI is InChI=1S/C7H9ClN2O2S/c1-4-6(13(10,11)12)3-2-5(8)7(4)9/h2-3H,9H2,1H3,(H2,10,11,12). The minimum atomic E-state index is -3.71. The molecule has 72 valence electrons. The van der Waals surface area contributed by atoms with Crippen molar-refractivity contribution in [2.24, 2.45) is 5.14 Å². The van der Waals surface area contributed by atoms with E-state index >= 15 is 0 Å². The van der Waals surface area contributed by atoms with E-state index in [0.717, 1.165) is 0 Å². The summed E-state index contributed by atoms with van der Waals surface area (Å²) in [4.78, 5) is 0.00870. The minimum absolute atomic E-state index is 0.00870. The topological polar surface area (TPSA) is 86.2 Å². The molecule has 0 atom stereocenters. The Hall–Kier alpha value is -0.780. The van der Waals surface area contributed by atoms with Crippen LogP contribution in [0.4, 0.5) is 5.69 Å². The van der Waals surface area contributed by atoms with Crippen molar-refractivity contribution >= 4 is 27.3 Å². The number of hydrogen-bond acceptors (Lipinski definition) is 3. The summed E-state index contributed by atoms with van der Waals surface area (Å²) in [7, 11) is -3.71. The molecule has 4 nitrogen and oxygen atoms in total. The maximum atomic E-state index is 11.0. The summed E-state index contributed by atoms with van der Waals surface area (Å²) >= 11 is 5.68. The fourth-order valence-corrected chi connectivity index (χ4v) is 1.98. The van der Waals surface area contributed by atoms with Crippen LogP contribution in [0.3, 0.4) is 0 Å². The van der Waals surface area contributed by atoms with Gasteiger partial charge in [-0.1, -0.05) is 11.6 Å². The van der Waals surface area contributed by atoms with Gasteiger partial charge in [0.2, 0.25) is 10.0 Å². The zero-order valence-corrected chi connectivity index (χ0v) is 8.48. The van der Waals surface area contributed by atoms with Crippen molar-refractivity contribution in [3.05, 3.63) is 22.7 Å². The molecular weight excluding hydrogens is 212 g/mol. The third-order valence-electron chi connectivity index (χ3n) is 1.72. The first kappa shape index (κ1) is 10.3. The number of hydrogen-bond donors (Lipinski definition) is 2. The van der Waals surface area contributed by atoms with E-state index < -0.39 is 10.0 Å². The first-order valence-corrected chi connectivity index (χ1v) is 5.34. The third kappa shape index (κ3) is 1.93. The molecule has 0 aliphatic heterocycles. The van der Waals surface area contributed by atoms with Crippen molar-refractivity contribution in [1.82, 2.24) is 0 Å². The lowest BCUT2D eigenvalue weighted by molar-refractivity contribution is 0.597. The van der Waals surface area contributed by atoms with E-state index in [4.69, 9.17) is 22.5 Å². The number of nitrogen functional groups attached to an aromatic ring is 1. The van der Waals surface area contributed by atoms with E-state index in [9.17, 15) is 8.42 Å². The monoisotopic (exact) mass is 220 g/mol. The molecule has 4 N–H and O–H groups in total. The molecule has 1 aromatic carbocycles. The molecule has 0 aliphatic carbocycles. The minimum Gasteiger partial charge on any atom is -0.397 e. The quantitative estimate of drug-likeness (QED) is 0.689. The second-order valence-electron chi connectivity index (χ2n) is 2.63. The zero-order valence-electron chi connectivity index (χ0n) is 6.91. The molecule has 0 heterocycles. The van der Waals surface area contributed by atoms with Gasteiger partial charge in [0.1, 0.15) is 0 Å². The first-order valence-electron chi connectivity index (χ1n) is 3.41. The van der Waals surface area contributed by atoms with Crippen LogP contribution in [0, 0.1) is 6.92 Å². The molecule has 1 rings (SSSR count). The second-order valence-corrected chi connectivity index (χ2v) is 4.57. The number of halogens is 1.